The van der Waals surface area contributed by atoms with Crippen LogP contribution in [0.5, 0.6) is 11.8 Å². The van der Waals surface area contributed by atoms with Crippen molar-refractivity contribution in [3.05, 3.63) is 24.0 Å². The predicted molar refractivity (Wildman–Crippen MR) is 75.5 cm³/mol. The third kappa shape index (κ3) is 5.55. The summed E-state index contributed by atoms with van der Waals surface area (Å²) in [4.78, 5) is 11.2. The molecule has 0 aliphatic carbocycles. The summed E-state index contributed by atoms with van der Waals surface area (Å²) in [6.07, 6.45) is 3.05. The number of aromatic nitrogens is 4. The largest absolute Gasteiger partial charge is 0.478 e. The molecule has 0 amide bonds. The SMILES string of the molecule is CCOC(=O)c1cn[nH]c1OCC.CCOc1ccn[nH]1. The zero-order chi connectivity index (χ0) is 15.5. The van der Waals surface area contributed by atoms with E-state index in [1.807, 2.05) is 13.8 Å². The summed E-state index contributed by atoms with van der Waals surface area (Å²) in [6, 6.07) is 1.78. The maximum atomic E-state index is 11.2. The highest BCUT2D eigenvalue weighted by molar-refractivity contribution is 5.91. The summed E-state index contributed by atoms with van der Waals surface area (Å²) < 4.78 is 14.9. The number of nitrogens with one attached hydrogen (secondary N) is 2. The second kappa shape index (κ2) is 9.40. The Labute approximate surface area is 122 Å². The van der Waals surface area contributed by atoms with Crippen LogP contribution in [-0.4, -0.2) is 46.2 Å². The monoisotopic (exact) mass is 296 g/mol. The average molecular weight is 296 g/mol. The minimum Gasteiger partial charge on any atom is -0.478 e. The maximum absolute atomic E-state index is 11.2. The molecule has 0 aliphatic heterocycles. The highest BCUT2D eigenvalue weighted by Crippen LogP contribution is 2.14. The molecule has 0 radical (unpaired) electrons. The minimum atomic E-state index is -0.417. The third-order valence-corrected chi connectivity index (χ3v) is 2.16. The topological polar surface area (TPSA) is 102 Å². The van der Waals surface area contributed by atoms with Gasteiger partial charge in [0.1, 0.15) is 5.56 Å². The molecule has 0 saturated carbocycles. The molecule has 0 spiro atoms. The molecule has 2 rings (SSSR count). The lowest BCUT2D eigenvalue weighted by molar-refractivity contribution is 0.0522. The van der Waals surface area contributed by atoms with Crippen molar-refractivity contribution >= 4 is 5.97 Å². The van der Waals surface area contributed by atoms with Crippen molar-refractivity contribution in [2.24, 2.45) is 0 Å². The van der Waals surface area contributed by atoms with Crippen LogP contribution in [0.4, 0.5) is 0 Å². The Bertz CT molecular complexity index is 510. The number of rotatable bonds is 6. The van der Waals surface area contributed by atoms with Crippen molar-refractivity contribution < 1.29 is 19.0 Å². The second-order valence-corrected chi connectivity index (χ2v) is 3.62. The van der Waals surface area contributed by atoms with Gasteiger partial charge in [0.25, 0.3) is 0 Å². The van der Waals surface area contributed by atoms with E-state index in [0.29, 0.717) is 31.3 Å². The number of H-pyrrole nitrogens is 2. The molecule has 0 saturated heterocycles. The van der Waals surface area contributed by atoms with Crippen LogP contribution in [0, 0.1) is 0 Å². The van der Waals surface area contributed by atoms with Gasteiger partial charge in [-0.15, -0.1) is 0 Å². The molecule has 0 unspecified atom stereocenters. The van der Waals surface area contributed by atoms with E-state index in [-0.39, 0.29) is 0 Å². The molecule has 2 aromatic heterocycles. The van der Waals surface area contributed by atoms with Crippen molar-refractivity contribution in [2.75, 3.05) is 19.8 Å². The van der Waals surface area contributed by atoms with Crippen molar-refractivity contribution in [1.29, 1.82) is 0 Å². The van der Waals surface area contributed by atoms with Crippen LogP contribution in [0.2, 0.25) is 0 Å². The van der Waals surface area contributed by atoms with Crippen LogP contribution in [-0.2, 0) is 4.74 Å². The van der Waals surface area contributed by atoms with E-state index in [9.17, 15) is 4.79 Å². The molecule has 2 aromatic rings. The number of hydrogen-bond donors (Lipinski definition) is 2. The van der Waals surface area contributed by atoms with Gasteiger partial charge in [-0.2, -0.15) is 10.2 Å². The van der Waals surface area contributed by atoms with Crippen LogP contribution < -0.4 is 9.47 Å². The van der Waals surface area contributed by atoms with Gasteiger partial charge in [-0.3, -0.25) is 0 Å². The van der Waals surface area contributed by atoms with E-state index >= 15 is 0 Å². The number of aromatic amines is 2. The predicted octanol–water partition coefficient (Wildman–Crippen LogP) is 1.79. The first-order chi connectivity index (χ1) is 10.2. The van der Waals surface area contributed by atoms with Crippen LogP contribution in [0.15, 0.2) is 18.5 Å². The standard InChI is InChI=1S/C8H12N2O3.C5H8N2O/c1-3-12-7-6(5-9-10-7)8(11)13-4-2;1-2-8-5-3-4-6-7-5/h5H,3-4H2,1-2H3,(H,9,10);3-4H,2H2,1H3,(H,6,7). The van der Waals surface area contributed by atoms with E-state index < -0.39 is 5.97 Å². The molecule has 0 atom stereocenters. The molecule has 0 aliphatic rings. The summed E-state index contributed by atoms with van der Waals surface area (Å²) in [5.41, 5.74) is 0.337. The highest BCUT2D eigenvalue weighted by Gasteiger charge is 2.15. The summed E-state index contributed by atoms with van der Waals surface area (Å²) in [6.45, 7) is 7.02. The van der Waals surface area contributed by atoms with Gasteiger partial charge in [-0.1, -0.05) is 0 Å². The van der Waals surface area contributed by atoms with Gasteiger partial charge in [-0.05, 0) is 20.8 Å². The normalized spacial score (nSPS) is 9.48. The fourth-order valence-electron chi connectivity index (χ4n) is 1.36. The van der Waals surface area contributed by atoms with Gasteiger partial charge in [0, 0.05) is 6.07 Å². The van der Waals surface area contributed by atoms with E-state index in [2.05, 4.69) is 20.4 Å². The van der Waals surface area contributed by atoms with Gasteiger partial charge in [0.05, 0.1) is 32.2 Å². The average Bonchev–Trinajstić information content (AvgIpc) is 3.12. The van der Waals surface area contributed by atoms with Gasteiger partial charge in [-0.25, -0.2) is 15.0 Å². The first-order valence-electron chi connectivity index (χ1n) is 6.68. The molecular formula is C13H20N4O4. The number of ether oxygens (including phenoxy) is 3. The van der Waals surface area contributed by atoms with E-state index in [4.69, 9.17) is 14.2 Å². The molecule has 2 heterocycles. The van der Waals surface area contributed by atoms with Crippen molar-refractivity contribution in [2.45, 2.75) is 20.8 Å². The van der Waals surface area contributed by atoms with Crippen LogP contribution in [0.3, 0.4) is 0 Å². The Kier molecular flexibility index (Phi) is 7.41. The molecule has 116 valence electrons. The number of hydrogen-bond acceptors (Lipinski definition) is 6. The lowest BCUT2D eigenvalue weighted by Gasteiger charge is -2.02. The fraction of sp³-hybridized carbons (Fsp3) is 0.462. The summed E-state index contributed by atoms with van der Waals surface area (Å²) in [7, 11) is 0. The Balaban J connectivity index is 0.000000235. The molecule has 2 N–H and O–H groups in total. The Hall–Kier alpha value is -2.51. The molecule has 8 heteroatoms. The maximum Gasteiger partial charge on any atom is 0.345 e. The van der Waals surface area contributed by atoms with Gasteiger partial charge < -0.3 is 14.2 Å². The quantitative estimate of drug-likeness (QED) is 0.788. The van der Waals surface area contributed by atoms with Crippen LogP contribution >= 0.6 is 0 Å². The second-order valence-electron chi connectivity index (χ2n) is 3.62. The molecule has 0 fully saturated rings. The minimum absolute atomic E-state index is 0.337. The smallest absolute Gasteiger partial charge is 0.345 e. The fourth-order valence-corrected chi connectivity index (χ4v) is 1.36. The number of carbonyl (C=O) groups excluding carboxylic acids is 1. The van der Waals surface area contributed by atoms with Crippen molar-refractivity contribution in [3.63, 3.8) is 0 Å². The molecule has 21 heavy (non-hydrogen) atoms. The number of esters is 1. The first kappa shape index (κ1) is 16.5. The van der Waals surface area contributed by atoms with Gasteiger partial charge in [0.2, 0.25) is 11.8 Å². The summed E-state index contributed by atoms with van der Waals surface area (Å²) in [5, 5.41) is 12.6. The van der Waals surface area contributed by atoms with Crippen LogP contribution in [0.1, 0.15) is 31.1 Å². The van der Waals surface area contributed by atoms with Gasteiger partial charge >= 0.3 is 5.97 Å². The lowest BCUT2D eigenvalue weighted by Crippen LogP contribution is -2.06. The van der Waals surface area contributed by atoms with Crippen LogP contribution in [0.25, 0.3) is 0 Å². The number of carbonyl (C=O) groups is 1. The van der Waals surface area contributed by atoms with Gasteiger partial charge in [0.15, 0.2) is 0 Å². The zero-order valence-electron chi connectivity index (χ0n) is 12.4. The van der Waals surface area contributed by atoms with E-state index in [1.54, 1.807) is 19.2 Å². The van der Waals surface area contributed by atoms with Crippen molar-refractivity contribution in [3.8, 4) is 11.8 Å². The summed E-state index contributed by atoms with van der Waals surface area (Å²) >= 11 is 0. The van der Waals surface area contributed by atoms with E-state index in [1.165, 1.54) is 6.20 Å². The molecule has 0 bridgehead atoms. The highest BCUT2D eigenvalue weighted by atomic mass is 16.5. The first-order valence-corrected chi connectivity index (χ1v) is 6.68. The summed E-state index contributed by atoms with van der Waals surface area (Å²) in [5.74, 6) is 0.674. The zero-order valence-corrected chi connectivity index (χ0v) is 12.4. The molecular weight excluding hydrogens is 276 g/mol. The lowest BCUT2D eigenvalue weighted by atomic mass is 10.3. The Morgan fingerprint density at radius 1 is 1.10 bits per heavy atom. The van der Waals surface area contributed by atoms with E-state index in [0.717, 1.165) is 5.88 Å². The van der Waals surface area contributed by atoms with Crippen molar-refractivity contribution in [1.82, 2.24) is 20.4 Å². The molecule has 0 aromatic carbocycles. The Morgan fingerprint density at radius 3 is 2.43 bits per heavy atom. The molecule has 8 nitrogen and oxygen atoms in total. The third-order valence-electron chi connectivity index (χ3n) is 2.16. The Morgan fingerprint density at radius 2 is 1.86 bits per heavy atom. The number of nitrogens with zero attached hydrogens (tertiary/aromatic N) is 2.